The number of aryl methyl sites for hydroxylation is 1. The number of ether oxygens (including phenoxy) is 1. The van der Waals surface area contributed by atoms with Crippen LogP contribution in [-0.2, 0) is 0 Å². The van der Waals surface area contributed by atoms with Gasteiger partial charge in [0.05, 0.1) is 6.61 Å². The maximum absolute atomic E-state index is 10.6. The molecule has 1 unspecified atom stereocenters. The molecule has 0 bridgehead atoms. The van der Waals surface area contributed by atoms with E-state index in [-0.39, 0.29) is 13.2 Å². The zero-order chi connectivity index (χ0) is 21.6. The number of hydrogen-bond acceptors (Lipinski definition) is 6. The number of aliphatic hydroxyl groups excluding tert-OH is 2. The summed E-state index contributed by atoms with van der Waals surface area (Å²) < 4.78 is 6.16. The van der Waals surface area contributed by atoms with Gasteiger partial charge in [-0.1, -0.05) is 30.3 Å². The highest BCUT2D eigenvalue weighted by Crippen LogP contribution is 2.37. The van der Waals surface area contributed by atoms with Crippen LogP contribution < -0.4 is 4.74 Å². The Hall–Kier alpha value is -2.51. The lowest BCUT2D eigenvalue weighted by molar-refractivity contribution is 0.0430. The van der Waals surface area contributed by atoms with Gasteiger partial charge in [0, 0.05) is 56.7 Å². The summed E-state index contributed by atoms with van der Waals surface area (Å²) in [6.07, 6.45) is 1.25. The first kappa shape index (κ1) is 21.7. The zero-order valence-corrected chi connectivity index (χ0v) is 18.1. The van der Waals surface area contributed by atoms with E-state index in [1.54, 1.807) is 0 Å². The van der Waals surface area contributed by atoms with Crippen molar-refractivity contribution in [1.29, 1.82) is 0 Å². The van der Waals surface area contributed by atoms with E-state index in [9.17, 15) is 5.11 Å². The number of piperazine rings is 1. The first-order chi connectivity index (χ1) is 15.1. The largest absolute Gasteiger partial charge is 0.490 e. The minimum absolute atomic E-state index is 0.196. The molecule has 1 fully saturated rings. The molecule has 0 radical (unpaired) electrons. The third kappa shape index (κ3) is 5.40. The van der Waals surface area contributed by atoms with Crippen LogP contribution in [0.5, 0.6) is 5.75 Å². The molecule has 2 N–H and O–H groups in total. The SMILES string of the molecule is Cc1cc(-c2c(OCC(O)CN3CCN(CCO)CC3)ccc3ccccc23)ccn1. The van der Waals surface area contributed by atoms with Gasteiger partial charge in [-0.3, -0.25) is 14.8 Å². The molecule has 31 heavy (non-hydrogen) atoms. The number of aliphatic hydroxyl groups is 2. The minimum Gasteiger partial charge on any atom is -0.490 e. The molecule has 1 aliphatic rings. The summed E-state index contributed by atoms with van der Waals surface area (Å²) in [6, 6.07) is 16.4. The number of hydrogen-bond donors (Lipinski definition) is 2. The first-order valence-electron chi connectivity index (χ1n) is 11.0. The third-order valence-electron chi connectivity index (χ3n) is 5.86. The molecule has 3 aromatic rings. The molecular formula is C25H31N3O3. The highest BCUT2D eigenvalue weighted by Gasteiger charge is 2.20. The van der Waals surface area contributed by atoms with E-state index in [0.717, 1.165) is 66.1 Å². The van der Waals surface area contributed by atoms with Crippen LogP contribution in [0, 0.1) is 6.92 Å². The van der Waals surface area contributed by atoms with E-state index in [1.807, 2.05) is 37.4 Å². The molecule has 4 rings (SSSR count). The van der Waals surface area contributed by atoms with Crippen molar-refractivity contribution in [2.24, 2.45) is 0 Å². The van der Waals surface area contributed by atoms with E-state index in [2.05, 4.69) is 39.0 Å². The van der Waals surface area contributed by atoms with Crippen LogP contribution in [0.25, 0.3) is 21.9 Å². The lowest BCUT2D eigenvalue weighted by atomic mass is 9.97. The lowest BCUT2D eigenvalue weighted by Crippen LogP contribution is -2.49. The van der Waals surface area contributed by atoms with Crippen LogP contribution >= 0.6 is 0 Å². The second-order valence-corrected chi connectivity index (χ2v) is 8.18. The van der Waals surface area contributed by atoms with Gasteiger partial charge in [-0.25, -0.2) is 0 Å². The normalized spacial score (nSPS) is 16.5. The number of aromatic nitrogens is 1. The highest BCUT2D eigenvalue weighted by atomic mass is 16.5. The van der Waals surface area contributed by atoms with Crippen molar-refractivity contribution in [3.63, 3.8) is 0 Å². The summed E-state index contributed by atoms with van der Waals surface area (Å²) in [5.74, 6) is 0.774. The number of nitrogens with zero attached hydrogens (tertiary/aromatic N) is 3. The Morgan fingerprint density at radius 2 is 1.81 bits per heavy atom. The van der Waals surface area contributed by atoms with Crippen LogP contribution in [0.2, 0.25) is 0 Å². The Bertz CT molecular complexity index is 1000. The van der Waals surface area contributed by atoms with Gasteiger partial charge in [0.15, 0.2) is 0 Å². The predicted octanol–water partition coefficient (Wildman–Crippen LogP) is 2.56. The first-order valence-corrected chi connectivity index (χ1v) is 11.0. The van der Waals surface area contributed by atoms with E-state index in [4.69, 9.17) is 9.84 Å². The fraction of sp³-hybridized carbons (Fsp3) is 0.400. The maximum atomic E-state index is 10.6. The Morgan fingerprint density at radius 1 is 1.03 bits per heavy atom. The number of β-amino-alcohol motifs (C(OH)–C–C–N with tert-alkyl or cyclic N) is 2. The average molecular weight is 422 g/mol. The summed E-state index contributed by atoms with van der Waals surface area (Å²) in [6.45, 7) is 7.37. The van der Waals surface area contributed by atoms with Gasteiger partial charge in [0.2, 0.25) is 0 Å². The molecule has 0 spiro atoms. The molecule has 2 aromatic carbocycles. The number of fused-ring (bicyclic) bond motifs is 1. The molecule has 1 saturated heterocycles. The standard InChI is InChI=1S/C25H31N3O3/c1-19-16-21(8-9-26-19)25-23-5-3-2-4-20(23)6-7-24(25)31-18-22(30)17-28-12-10-27(11-13-28)14-15-29/h2-9,16,22,29-30H,10-15,17-18H2,1H3. The predicted molar refractivity (Wildman–Crippen MR) is 123 cm³/mol. The minimum atomic E-state index is -0.567. The van der Waals surface area contributed by atoms with E-state index < -0.39 is 6.10 Å². The fourth-order valence-corrected chi connectivity index (χ4v) is 4.24. The number of pyridine rings is 1. The summed E-state index contributed by atoms with van der Waals surface area (Å²) >= 11 is 0. The molecule has 0 aliphatic carbocycles. The van der Waals surface area contributed by atoms with Gasteiger partial charge in [-0.05, 0) is 41.5 Å². The average Bonchev–Trinajstić information content (AvgIpc) is 2.79. The Morgan fingerprint density at radius 3 is 2.58 bits per heavy atom. The van der Waals surface area contributed by atoms with Crippen molar-refractivity contribution in [1.82, 2.24) is 14.8 Å². The molecule has 1 aromatic heterocycles. The molecule has 2 heterocycles. The maximum Gasteiger partial charge on any atom is 0.127 e. The van der Waals surface area contributed by atoms with E-state index >= 15 is 0 Å². The summed E-state index contributed by atoms with van der Waals surface area (Å²) in [5, 5.41) is 22.0. The molecule has 0 amide bonds. The van der Waals surface area contributed by atoms with Crippen LogP contribution in [0.3, 0.4) is 0 Å². The number of benzene rings is 2. The van der Waals surface area contributed by atoms with Crippen molar-refractivity contribution < 1.29 is 14.9 Å². The lowest BCUT2D eigenvalue weighted by Gasteiger charge is -2.35. The molecular weight excluding hydrogens is 390 g/mol. The quantitative estimate of drug-likeness (QED) is 0.583. The Balaban J connectivity index is 1.47. The molecule has 6 heteroatoms. The Labute approximate surface area is 183 Å². The van der Waals surface area contributed by atoms with Crippen LogP contribution in [0.15, 0.2) is 54.7 Å². The second kappa shape index (κ2) is 10.2. The van der Waals surface area contributed by atoms with Gasteiger partial charge < -0.3 is 14.9 Å². The van der Waals surface area contributed by atoms with Crippen LogP contribution in [-0.4, -0.2) is 83.6 Å². The molecule has 1 atom stereocenters. The van der Waals surface area contributed by atoms with E-state index in [0.29, 0.717) is 6.54 Å². The van der Waals surface area contributed by atoms with Gasteiger partial charge in [-0.2, -0.15) is 0 Å². The van der Waals surface area contributed by atoms with Gasteiger partial charge in [0.25, 0.3) is 0 Å². The molecule has 1 aliphatic heterocycles. The zero-order valence-electron chi connectivity index (χ0n) is 18.1. The smallest absolute Gasteiger partial charge is 0.127 e. The molecule has 6 nitrogen and oxygen atoms in total. The van der Waals surface area contributed by atoms with E-state index in [1.165, 1.54) is 0 Å². The second-order valence-electron chi connectivity index (χ2n) is 8.18. The van der Waals surface area contributed by atoms with Gasteiger partial charge in [-0.15, -0.1) is 0 Å². The van der Waals surface area contributed by atoms with Crippen molar-refractivity contribution in [2.75, 3.05) is 52.5 Å². The summed E-state index contributed by atoms with van der Waals surface area (Å²) in [7, 11) is 0. The topological polar surface area (TPSA) is 69.1 Å². The van der Waals surface area contributed by atoms with Crippen LogP contribution in [0.1, 0.15) is 5.69 Å². The monoisotopic (exact) mass is 421 g/mol. The van der Waals surface area contributed by atoms with Crippen molar-refractivity contribution in [3.05, 3.63) is 60.4 Å². The molecule has 164 valence electrons. The fourth-order valence-electron chi connectivity index (χ4n) is 4.24. The van der Waals surface area contributed by atoms with Crippen molar-refractivity contribution >= 4 is 10.8 Å². The molecule has 0 saturated carbocycles. The highest BCUT2D eigenvalue weighted by molar-refractivity contribution is 5.99. The third-order valence-corrected chi connectivity index (χ3v) is 5.86. The van der Waals surface area contributed by atoms with Crippen LogP contribution in [0.4, 0.5) is 0 Å². The number of rotatable bonds is 8. The van der Waals surface area contributed by atoms with Gasteiger partial charge in [0.1, 0.15) is 18.5 Å². The summed E-state index contributed by atoms with van der Waals surface area (Å²) in [5.41, 5.74) is 3.05. The Kier molecular flexibility index (Phi) is 7.14. The van der Waals surface area contributed by atoms with Crippen molar-refractivity contribution in [3.8, 4) is 16.9 Å². The van der Waals surface area contributed by atoms with Crippen molar-refractivity contribution in [2.45, 2.75) is 13.0 Å². The summed E-state index contributed by atoms with van der Waals surface area (Å²) in [4.78, 5) is 8.83. The van der Waals surface area contributed by atoms with Gasteiger partial charge >= 0.3 is 0 Å².